The number of nitrogens with zero attached hydrogens (tertiary/aromatic N) is 3. The third kappa shape index (κ3) is 3.21. The number of aryl methyl sites for hydroxylation is 1. The number of pyridine rings is 1. The van der Waals surface area contributed by atoms with Gasteiger partial charge in [0, 0.05) is 30.4 Å². The number of hydrogen-bond donors (Lipinski definition) is 1. The first kappa shape index (κ1) is 14.0. The van der Waals surface area contributed by atoms with Gasteiger partial charge in [-0.2, -0.15) is 0 Å². The lowest BCUT2D eigenvalue weighted by Gasteiger charge is -2.19. The van der Waals surface area contributed by atoms with Gasteiger partial charge in [-0.1, -0.05) is 0 Å². The Bertz CT molecular complexity index is 634. The predicted octanol–water partition coefficient (Wildman–Crippen LogP) is 2.38. The van der Waals surface area contributed by atoms with Gasteiger partial charge in [-0.05, 0) is 31.9 Å². The molecule has 1 amide bonds. The molecule has 3 heterocycles. The number of rotatable bonds is 4. The van der Waals surface area contributed by atoms with E-state index < -0.39 is 0 Å². The molecule has 0 radical (unpaired) electrons. The van der Waals surface area contributed by atoms with Gasteiger partial charge in [0.15, 0.2) is 0 Å². The second-order valence-electron chi connectivity index (χ2n) is 5.13. The van der Waals surface area contributed by atoms with Gasteiger partial charge in [0.2, 0.25) is 0 Å². The summed E-state index contributed by atoms with van der Waals surface area (Å²) in [4.78, 5) is 23.3. The molecule has 110 valence electrons. The molecule has 2 aromatic heterocycles. The number of amides is 1. The zero-order valence-corrected chi connectivity index (χ0v) is 12.8. The van der Waals surface area contributed by atoms with Crippen LogP contribution in [0.25, 0.3) is 0 Å². The topological polar surface area (TPSA) is 58.1 Å². The molecule has 2 aromatic rings. The van der Waals surface area contributed by atoms with Crippen molar-refractivity contribution in [2.24, 2.45) is 0 Å². The molecule has 1 saturated heterocycles. The van der Waals surface area contributed by atoms with Gasteiger partial charge < -0.3 is 10.2 Å². The highest BCUT2D eigenvalue weighted by Crippen LogP contribution is 2.21. The number of carbonyl (C=O) groups excluding carboxylic acids is 1. The van der Waals surface area contributed by atoms with E-state index in [0.717, 1.165) is 42.5 Å². The van der Waals surface area contributed by atoms with Crippen molar-refractivity contribution in [3.05, 3.63) is 40.0 Å². The molecule has 0 aromatic carbocycles. The van der Waals surface area contributed by atoms with Gasteiger partial charge in [-0.15, -0.1) is 11.3 Å². The van der Waals surface area contributed by atoms with E-state index in [0.29, 0.717) is 12.1 Å². The summed E-state index contributed by atoms with van der Waals surface area (Å²) >= 11 is 1.56. The molecule has 21 heavy (non-hydrogen) atoms. The molecule has 0 saturated carbocycles. The molecule has 1 fully saturated rings. The minimum absolute atomic E-state index is 0.0853. The molecule has 1 aliphatic heterocycles. The first-order valence-corrected chi connectivity index (χ1v) is 8.01. The Labute approximate surface area is 128 Å². The lowest BCUT2D eigenvalue weighted by molar-refractivity contribution is 0.0951. The fourth-order valence-corrected chi connectivity index (χ4v) is 3.20. The number of thiazole rings is 1. The molecule has 0 aliphatic carbocycles. The molecule has 3 rings (SSSR count). The molecule has 6 heteroatoms. The Hall–Kier alpha value is -1.95. The van der Waals surface area contributed by atoms with Crippen LogP contribution >= 0.6 is 11.3 Å². The minimum atomic E-state index is -0.0853. The summed E-state index contributed by atoms with van der Waals surface area (Å²) in [5, 5.41) is 5.85. The molecule has 1 aliphatic rings. The van der Waals surface area contributed by atoms with Crippen molar-refractivity contribution in [1.82, 2.24) is 15.3 Å². The molecule has 0 atom stereocenters. The van der Waals surface area contributed by atoms with E-state index in [1.807, 2.05) is 24.4 Å². The third-order valence-electron chi connectivity index (χ3n) is 3.50. The maximum Gasteiger partial charge on any atom is 0.255 e. The van der Waals surface area contributed by atoms with Crippen LogP contribution in [0.1, 0.15) is 33.9 Å². The SMILES string of the molecule is Cc1csc(CNC(=O)c2cccnc2N2CCCC2)n1. The van der Waals surface area contributed by atoms with E-state index >= 15 is 0 Å². The van der Waals surface area contributed by atoms with Crippen LogP contribution in [0.4, 0.5) is 5.82 Å². The number of hydrogen-bond acceptors (Lipinski definition) is 5. The summed E-state index contributed by atoms with van der Waals surface area (Å²) in [5.41, 5.74) is 1.64. The highest BCUT2D eigenvalue weighted by Gasteiger charge is 2.20. The average Bonchev–Trinajstić information content (AvgIpc) is 3.16. The van der Waals surface area contributed by atoms with E-state index in [9.17, 15) is 4.79 Å². The van der Waals surface area contributed by atoms with Gasteiger partial charge in [0.1, 0.15) is 10.8 Å². The number of anilines is 1. The van der Waals surface area contributed by atoms with Crippen molar-refractivity contribution in [3.63, 3.8) is 0 Å². The first-order chi connectivity index (χ1) is 10.2. The highest BCUT2D eigenvalue weighted by atomic mass is 32.1. The summed E-state index contributed by atoms with van der Waals surface area (Å²) in [7, 11) is 0. The Morgan fingerprint density at radius 3 is 2.95 bits per heavy atom. The van der Waals surface area contributed by atoms with Crippen molar-refractivity contribution in [2.75, 3.05) is 18.0 Å². The van der Waals surface area contributed by atoms with Gasteiger partial charge in [0.25, 0.3) is 5.91 Å². The van der Waals surface area contributed by atoms with Crippen LogP contribution in [0.5, 0.6) is 0 Å². The van der Waals surface area contributed by atoms with Crippen LogP contribution in [0, 0.1) is 6.92 Å². The minimum Gasteiger partial charge on any atom is -0.356 e. The fourth-order valence-electron chi connectivity index (χ4n) is 2.49. The van der Waals surface area contributed by atoms with E-state index in [-0.39, 0.29) is 5.91 Å². The van der Waals surface area contributed by atoms with E-state index in [1.165, 1.54) is 0 Å². The van der Waals surface area contributed by atoms with E-state index in [2.05, 4.69) is 20.2 Å². The summed E-state index contributed by atoms with van der Waals surface area (Å²) < 4.78 is 0. The number of carbonyl (C=O) groups is 1. The molecule has 0 spiro atoms. The smallest absolute Gasteiger partial charge is 0.255 e. The number of nitrogens with one attached hydrogen (secondary N) is 1. The van der Waals surface area contributed by atoms with Crippen molar-refractivity contribution in [3.8, 4) is 0 Å². The largest absolute Gasteiger partial charge is 0.356 e. The van der Waals surface area contributed by atoms with E-state index in [4.69, 9.17) is 0 Å². The molecule has 5 nitrogen and oxygen atoms in total. The molecule has 0 unspecified atom stereocenters. The standard InChI is InChI=1S/C15H18N4OS/c1-11-10-21-13(18-11)9-17-15(20)12-5-4-6-16-14(12)19-7-2-3-8-19/h4-6,10H,2-3,7-9H2,1H3,(H,17,20). The molecule has 0 bridgehead atoms. The Kier molecular flexibility index (Phi) is 4.15. The number of aromatic nitrogens is 2. The lowest BCUT2D eigenvalue weighted by atomic mass is 10.2. The van der Waals surface area contributed by atoms with Crippen LogP contribution in [0.3, 0.4) is 0 Å². The quantitative estimate of drug-likeness (QED) is 0.942. The third-order valence-corrected chi connectivity index (χ3v) is 4.47. The Morgan fingerprint density at radius 2 is 2.24 bits per heavy atom. The Morgan fingerprint density at radius 1 is 1.43 bits per heavy atom. The van der Waals surface area contributed by atoms with Crippen LogP contribution in [0.2, 0.25) is 0 Å². The second kappa shape index (κ2) is 6.22. The Balaban J connectivity index is 1.72. The summed E-state index contributed by atoms with van der Waals surface area (Å²) in [6, 6.07) is 3.64. The first-order valence-electron chi connectivity index (χ1n) is 7.13. The second-order valence-corrected chi connectivity index (χ2v) is 6.08. The van der Waals surface area contributed by atoms with Crippen molar-refractivity contribution >= 4 is 23.1 Å². The zero-order valence-electron chi connectivity index (χ0n) is 12.0. The van der Waals surface area contributed by atoms with Crippen LogP contribution in [0.15, 0.2) is 23.7 Å². The maximum atomic E-state index is 12.4. The van der Waals surface area contributed by atoms with Gasteiger partial charge >= 0.3 is 0 Å². The van der Waals surface area contributed by atoms with Crippen molar-refractivity contribution in [1.29, 1.82) is 0 Å². The lowest BCUT2D eigenvalue weighted by Crippen LogP contribution is -2.27. The van der Waals surface area contributed by atoms with Crippen LogP contribution in [-0.4, -0.2) is 29.0 Å². The summed E-state index contributed by atoms with van der Waals surface area (Å²) in [5.74, 6) is 0.709. The predicted molar refractivity (Wildman–Crippen MR) is 83.7 cm³/mol. The fraction of sp³-hybridized carbons (Fsp3) is 0.400. The van der Waals surface area contributed by atoms with E-state index in [1.54, 1.807) is 17.5 Å². The van der Waals surface area contributed by atoms with Crippen LogP contribution in [-0.2, 0) is 6.54 Å². The van der Waals surface area contributed by atoms with Gasteiger partial charge in [-0.25, -0.2) is 9.97 Å². The van der Waals surface area contributed by atoms with Gasteiger partial charge in [0.05, 0.1) is 12.1 Å². The average molecular weight is 302 g/mol. The van der Waals surface area contributed by atoms with Crippen LogP contribution < -0.4 is 10.2 Å². The van der Waals surface area contributed by atoms with Gasteiger partial charge in [-0.3, -0.25) is 4.79 Å². The maximum absolute atomic E-state index is 12.4. The summed E-state index contributed by atoms with van der Waals surface area (Å²) in [6.45, 7) is 4.37. The molecular weight excluding hydrogens is 284 g/mol. The van der Waals surface area contributed by atoms with Crippen molar-refractivity contribution in [2.45, 2.75) is 26.3 Å². The monoisotopic (exact) mass is 302 g/mol. The molecule has 1 N–H and O–H groups in total. The normalized spacial score (nSPS) is 14.4. The molecular formula is C15H18N4OS. The zero-order chi connectivity index (χ0) is 14.7. The highest BCUT2D eigenvalue weighted by molar-refractivity contribution is 7.09. The van der Waals surface area contributed by atoms with Crippen molar-refractivity contribution < 1.29 is 4.79 Å². The summed E-state index contributed by atoms with van der Waals surface area (Å²) in [6.07, 6.45) is 4.07.